The second-order valence-electron chi connectivity index (χ2n) is 5.89. The number of phenolic OH excluding ortho intramolecular Hbond substituents is 1. The molecule has 0 saturated heterocycles. The monoisotopic (exact) mass is 274 g/mol. The van der Waals surface area contributed by atoms with E-state index in [-0.39, 0.29) is 5.75 Å². The molecule has 1 aliphatic heterocycles. The fraction of sp³-hybridized carbons (Fsp3) is 0.562. The average Bonchev–Trinajstić information content (AvgIpc) is 3.23. The quantitative estimate of drug-likeness (QED) is 0.695. The van der Waals surface area contributed by atoms with E-state index in [0.29, 0.717) is 5.69 Å². The Kier molecular flexibility index (Phi) is 3.92. The van der Waals surface area contributed by atoms with E-state index in [1.54, 1.807) is 18.2 Å². The molecule has 4 nitrogen and oxygen atoms in total. The number of rotatable bonds is 6. The number of hydrogen-bond donors (Lipinski definition) is 3. The van der Waals surface area contributed by atoms with Crippen LogP contribution in [0.2, 0.25) is 0 Å². The van der Waals surface area contributed by atoms with Crippen molar-refractivity contribution in [1.29, 1.82) is 0 Å². The van der Waals surface area contributed by atoms with Crippen molar-refractivity contribution in [3.63, 3.8) is 0 Å². The molecule has 0 spiro atoms. The summed E-state index contributed by atoms with van der Waals surface area (Å²) in [6.07, 6.45) is 7.92. The second kappa shape index (κ2) is 5.83. The number of fused-ring (bicyclic) bond motifs is 1. The summed E-state index contributed by atoms with van der Waals surface area (Å²) in [7, 11) is 0. The number of aliphatic hydroxyl groups is 1. The van der Waals surface area contributed by atoms with Gasteiger partial charge in [0.05, 0.1) is 17.1 Å². The van der Waals surface area contributed by atoms with E-state index < -0.39 is 6.23 Å². The maximum absolute atomic E-state index is 10.0. The predicted octanol–water partition coefficient (Wildman–Crippen LogP) is 3.57. The van der Waals surface area contributed by atoms with E-state index in [0.717, 1.165) is 30.2 Å². The molecule has 1 aromatic rings. The topological polar surface area (TPSA) is 64.8 Å². The van der Waals surface area contributed by atoms with Gasteiger partial charge in [0.1, 0.15) is 5.75 Å². The van der Waals surface area contributed by atoms with Gasteiger partial charge in [-0.1, -0.05) is 32.1 Å². The van der Waals surface area contributed by atoms with Crippen LogP contribution in [0.1, 0.15) is 44.9 Å². The highest BCUT2D eigenvalue weighted by Gasteiger charge is 2.21. The number of hydrogen-bond acceptors (Lipinski definition) is 4. The zero-order valence-electron chi connectivity index (χ0n) is 11.7. The van der Waals surface area contributed by atoms with Gasteiger partial charge in [0.25, 0.3) is 0 Å². The van der Waals surface area contributed by atoms with Crippen LogP contribution in [0.25, 0.3) is 0 Å². The van der Waals surface area contributed by atoms with Gasteiger partial charge in [-0.15, -0.1) is 0 Å². The number of anilines is 1. The number of aromatic hydroxyl groups is 1. The van der Waals surface area contributed by atoms with E-state index in [2.05, 4.69) is 10.3 Å². The number of aliphatic hydroxyl groups excluding tert-OH is 1. The fourth-order valence-corrected chi connectivity index (χ4v) is 2.70. The molecule has 1 atom stereocenters. The molecule has 3 N–H and O–H groups in total. The lowest BCUT2D eigenvalue weighted by Gasteiger charge is -2.23. The van der Waals surface area contributed by atoms with E-state index in [9.17, 15) is 10.2 Å². The van der Waals surface area contributed by atoms with Crippen molar-refractivity contribution in [2.24, 2.45) is 10.9 Å². The highest BCUT2D eigenvalue weighted by atomic mass is 16.3. The first kappa shape index (κ1) is 13.4. The molecule has 1 unspecified atom stereocenters. The minimum Gasteiger partial charge on any atom is -0.508 e. The average molecular weight is 274 g/mol. The Morgan fingerprint density at radius 1 is 1.20 bits per heavy atom. The van der Waals surface area contributed by atoms with Gasteiger partial charge in [0.15, 0.2) is 6.23 Å². The molecule has 1 heterocycles. The van der Waals surface area contributed by atoms with Crippen LogP contribution >= 0.6 is 0 Å². The van der Waals surface area contributed by atoms with Crippen molar-refractivity contribution in [2.45, 2.75) is 51.2 Å². The number of benzene rings is 1. The summed E-state index contributed by atoms with van der Waals surface area (Å²) in [5, 5.41) is 22.4. The first-order chi connectivity index (χ1) is 9.72. The van der Waals surface area contributed by atoms with E-state index in [1.807, 2.05) is 0 Å². The number of nitrogens with zero attached hydrogens (tertiary/aromatic N) is 1. The van der Waals surface area contributed by atoms with Crippen LogP contribution in [0.5, 0.6) is 5.75 Å². The Balaban J connectivity index is 1.53. The summed E-state index contributed by atoms with van der Waals surface area (Å²) in [6.45, 7) is 0. The predicted molar refractivity (Wildman–Crippen MR) is 80.6 cm³/mol. The van der Waals surface area contributed by atoms with Crippen molar-refractivity contribution in [1.82, 2.24) is 0 Å². The van der Waals surface area contributed by atoms with Crippen molar-refractivity contribution >= 4 is 17.1 Å². The summed E-state index contributed by atoms with van der Waals surface area (Å²) in [5.74, 6) is 1.19. The summed E-state index contributed by atoms with van der Waals surface area (Å²) in [4.78, 5) is 4.51. The first-order valence-electron chi connectivity index (χ1n) is 7.57. The Bertz CT molecular complexity index is 509. The number of phenols is 1. The van der Waals surface area contributed by atoms with Gasteiger partial charge in [-0.2, -0.15) is 0 Å². The van der Waals surface area contributed by atoms with Crippen molar-refractivity contribution in [3.8, 4) is 5.75 Å². The highest BCUT2D eigenvalue weighted by Crippen LogP contribution is 2.35. The molecule has 0 radical (unpaired) electrons. The normalized spacial score (nSPS) is 21.1. The van der Waals surface area contributed by atoms with Crippen LogP contribution in [0.15, 0.2) is 23.2 Å². The van der Waals surface area contributed by atoms with E-state index >= 15 is 0 Å². The van der Waals surface area contributed by atoms with Gasteiger partial charge in [0, 0.05) is 6.07 Å². The maximum atomic E-state index is 10.0. The molecule has 0 bridgehead atoms. The molecule has 2 aliphatic rings. The Morgan fingerprint density at radius 3 is 2.85 bits per heavy atom. The number of unbranched alkanes of at least 4 members (excludes halogenated alkanes) is 2. The standard InChI is InChI=1S/C16H22N2O2/c19-12-8-9-13-15(10-12)18-16(20)14(17-13)5-3-1-2-4-11-6-7-11/h8-11,16,18-20H,1-7H2. The van der Waals surface area contributed by atoms with Gasteiger partial charge >= 0.3 is 0 Å². The van der Waals surface area contributed by atoms with Crippen LogP contribution in [-0.2, 0) is 0 Å². The van der Waals surface area contributed by atoms with Gasteiger partial charge < -0.3 is 15.5 Å². The molecule has 1 aliphatic carbocycles. The van der Waals surface area contributed by atoms with Crippen LogP contribution < -0.4 is 5.32 Å². The van der Waals surface area contributed by atoms with Gasteiger partial charge in [-0.3, -0.25) is 4.99 Å². The molecule has 1 saturated carbocycles. The zero-order valence-corrected chi connectivity index (χ0v) is 11.7. The molecule has 1 aromatic carbocycles. The fourth-order valence-electron chi connectivity index (χ4n) is 2.70. The van der Waals surface area contributed by atoms with Crippen molar-refractivity contribution in [3.05, 3.63) is 18.2 Å². The molecule has 0 amide bonds. The van der Waals surface area contributed by atoms with Crippen molar-refractivity contribution in [2.75, 3.05) is 5.32 Å². The Hall–Kier alpha value is -1.55. The SMILES string of the molecule is Oc1ccc2c(c1)NC(O)C(CCCCCC1CC1)=N2. The summed E-state index contributed by atoms with van der Waals surface area (Å²) in [5.41, 5.74) is 2.28. The van der Waals surface area contributed by atoms with Crippen LogP contribution in [-0.4, -0.2) is 22.2 Å². The van der Waals surface area contributed by atoms with E-state index in [4.69, 9.17) is 0 Å². The summed E-state index contributed by atoms with van der Waals surface area (Å²) in [6, 6.07) is 4.99. The molecule has 1 fully saturated rings. The molecule has 4 heteroatoms. The minimum absolute atomic E-state index is 0.183. The highest BCUT2D eigenvalue weighted by molar-refractivity contribution is 5.97. The van der Waals surface area contributed by atoms with Crippen LogP contribution in [0.3, 0.4) is 0 Å². The number of aliphatic imine (C=N–C) groups is 1. The first-order valence-corrected chi connectivity index (χ1v) is 7.57. The number of nitrogens with one attached hydrogen (secondary N) is 1. The molecular formula is C16H22N2O2. The summed E-state index contributed by atoms with van der Waals surface area (Å²) < 4.78 is 0. The second-order valence-corrected chi connectivity index (χ2v) is 5.89. The van der Waals surface area contributed by atoms with Crippen molar-refractivity contribution < 1.29 is 10.2 Å². The van der Waals surface area contributed by atoms with Gasteiger partial charge in [-0.25, -0.2) is 0 Å². The Morgan fingerprint density at radius 2 is 2.05 bits per heavy atom. The molecule has 108 valence electrons. The minimum atomic E-state index is -0.729. The van der Waals surface area contributed by atoms with E-state index in [1.165, 1.54) is 32.1 Å². The third-order valence-electron chi connectivity index (χ3n) is 4.09. The molecule has 3 rings (SSSR count). The largest absolute Gasteiger partial charge is 0.508 e. The summed E-state index contributed by atoms with van der Waals surface area (Å²) >= 11 is 0. The lowest BCUT2D eigenvalue weighted by Crippen LogP contribution is -2.31. The lowest BCUT2D eigenvalue weighted by atomic mass is 10.1. The molecule has 0 aromatic heterocycles. The molecular weight excluding hydrogens is 252 g/mol. The van der Waals surface area contributed by atoms with Gasteiger partial charge in [-0.05, 0) is 30.9 Å². The van der Waals surface area contributed by atoms with Crippen LogP contribution in [0.4, 0.5) is 11.4 Å². The molecule has 20 heavy (non-hydrogen) atoms. The lowest BCUT2D eigenvalue weighted by molar-refractivity contribution is 0.266. The van der Waals surface area contributed by atoms with Crippen LogP contribution in [0, 0.1) is 5.92 Å². The third-order valence-corrected chi connectivity index (χ3v) is 4.09. The smallest absolute Gasteiger partial charge is 0.164 e. The maximum Gasteiger partial charge on any atom is 0.164 e. The van der Waals surface area contributed by atoms with Gasteiger partial charge in [0.2, 0.25) is 0 Å². The Labute approximate surface area is 119 Å². The zero-order chi connectivity index (χ0) is 13.9. The third kappa shape index (κ3) is 3.31.